The van der Waals surface area contributed by atoms with Crippen LogP contribution in [-0.4, -0.2) is 44.6 Å². The Morgan fingerprint density at radius 1 is 1.50 bits per heavy atom. The van der Waals surface area contributed by atoms with E-state index < -0.39 is 0 Å². The molecule has 0 radical (unpaired) electrons. The Kier molecular flexibility index (Phi) is 5.01. The number of rotatable bonds is 4. The average Bonchev–Trinajstić information content (AvgIpc) is 2.48. The number of ether oxygens (including phenoxy) is 1. The predicted octanol–water partition coefficient (Wildman–Crippen LogP) is 2.08. The first-order chi connectivity index (χ1) is 9.65. The van der Waals surface area contributed by atoms with E-state index in [2.05, 4.69) is 5.32 Å². The Bertz CT molecular complexity index is 472. The number of likely N-dealkylation sites (tertiary alicyclic amines) is 1. The molecule has 2 rings (SSSR count). The molecule has 1 unspecified atom stereocenters. The maximum atomic E-state index is 12.6. The second kappa shape index (κ2) is 6.75. The van der Waals surface area contributed by atoms with Crippen molar-refractivity contribution in [2.24, 2.45) is 5.92 Å². The molecule has 110 valence electrons. The van der Waals surface area contributed by atoms with E-state index in [0.717, 1.165) is 42.9 Å². The number of piperidine rings is 1. The van der Waals surface area contributed by atoms with Gasteiger partial charge in [0.2, 0.25) is 0 Å². The second-order valence-corrected chi connectivity index (χ2v) is 5.50. The molecule has 1 amide bonds. The van der Waals surface area contributed by atoms with Crippen LogP contribution in [0.4, 0.5) is 0 Å². The number of methoxy groups -OCH3 is 1. The fourth-order valence-corrected chi connectivity index (χ4v) is 2.84. The zero-order valence-corrected chi connectivity index (χ0v) is 12.6. The molecule has 0 aliphatic carbocycles. The molecule has 4 nitrogen and oxygen atoms in total. The molecule has 1 saturated heterocycles. The summed E-state index contributed by atoms with van der Waals surface area (Å²) >= 11 is 0. The lowest BCUT2D eigenvalue weighted by Gasteiger charge is -2.32. The van der Waals surface area contributed by atoms with Crippen molar-refractivity contribution in [1.29, 1.82) is 0 Å². The SMILES string of the molecule is CNCC1CCCN(C(=O)c2ccc(C)c(OC)c2)C1. The predicted molar refractivity (Wildman–Crippen MR) is 80.3 cm³/mol. The van der Waals surface area contributed by atoms with Gasteiger partial charge >= 0.3 is 0 Å². The second-order valence-electron chi connectivity index (χ2n) is 5.50. The lowest BCUT2D eigenvalue weighted by molar-refractivity contribution is 0.0674. The van der Waals surface area contributed by atoms with Gasteiger partial charge in [-0.15, -0.1) is 0 Å². The lowest BCUT2D eigenvalue weighted by Crippen LogP contribution is -2.42. The van der Waals surface area contributed by atoms with Crippen LogP contribution in [0, 0.1) is 12.8 Å². The van der Waals surface area contributed by atoms with Crippen LogP contribution >= 0.6 is 0 Å². The monoisotopic (exact) mass is 276 g/mol. The number of aryl methyl sites for hydroxylation is 1. The number of hydrogen-bond acceptors (Lipinski definition) is 3. The van der Waals surface area contributed by atoms with Crippen LogP contribution in [0.2, 0.25) is 0 Å². The van der Waals surface area contributed by atoms with Crippen molar-refractivity contribution in [2.75, 3.05) is 33.8 Å². The average molecular weight is 276 g/mol. The molecule has 0 spiro atoms. The summed E-state index contributed by atoms with van der Waals surface area (Å²) in [5.41, 5.74) is 1.77. The summed E-state index contributed by atoms with van der Waals surface area (Å²) in [7, 11) is 3.60. The molecule has 4 heteroatoms. The molecule has 1 N–H and O–H groups in total. The van der Waals surface area contributed by atoms with Crippen molar-refractivity contribution < 1.29 is 9.53 Å². The number of benzene rings is 1. The third-order valence-electron chi connectivity index (χ3n) is 3.95. The Morgan fingerprint density at radius 2 is 2.30 bits per heavy atom. The van der Waals surface area contributed by atoms with E-state index in [1.165, 1.54) is 6.42 Å². The summed E-state index contributed by atoms with van der Waals surface area (Å²) in [5, 5.41) is 3.20. The molecule has 1 aliphatic heterocycles. The highest BCUT2D eigenvalue weighted by molar-refractivity contribution is 5.94. The zero-order valence-electron chi connectivity index (χ0n) is 12.6. The number of carbonyl (C=O) groups excluding carboxylic acids is 1. The van der Waals surface area contributed by atoms with Gasteiger partial charge < -0.3 is 15.0 Å². The maximum Gasteiger partial charge on any atom is 0.253 e. The number of carbonyl (C=O) groups is 1. The summed E-state index contributed by atoms with van der Waals surface area (Å²) in [6, 6.07) is 5.68. The van der Waals surface area contributed by atoms with E-state index in [-0.39, 0.29) is 5.91 Å². The molecule has 0 bridgehead atoms. The van der Waals surface area contributed by atoms with Crippen molar-refractivity contribution in [2.45, 2.75) is 19.8 Å². The van der Waals surface area contributed by atoms with Gasteiger partial charge in [-0.05, 0) is 57.0 Å². The standard InChI is InChI=1S/C16H24N2O2/c1-12-6-7-14(9-15(12)20-3)16(19)18-8-4-5-13(11-18)10-17-2/h6-7,9,13,17H,4-5,8,10-11H2,1-3H3. The fraction of sp³-hybridized carbons (Fsp3) is 0.562. The van der Waals surface area contributed by atoms with Gasteiger partial charge in [-0.1, -0.05) is 6.07 Å². The summed E-state index contributed by atoms with van der Waals surface area (Å²) in [6.45, 7) is 4.66. The quantitative estimate of drug-likeness (QED) is 0.915. The molecular weight excluding hydrogens is 252 g/mol. The first kappa shape index (κ1) is 14.9. The maximum absolute atomic E-state index is 12.6. The van der Waals surface area contributed by atoms with Crippen LogP contribution in [0.15, 0.2) is 18.2 Å². The van der Waals surface area contributed by atoms with Crippen LogP contribution in [-0.2, 0) is 0 Å². The molecular formula is C16H24N2O2. The number of nitrogens with zero attached hydrogens (tertiary/aromatic N) is 1. The molecule has 0 saturated carbocycles. The smallest absolute Gasteiger partial charge is 0.253 e. The summed E-state index contributed by atoms with van der Waals surface area (Å²) < 4.78 is 5.30. The summed E-state index contributed by atoms with van der Waals surface area (Å²) in [4.78, 5) is 14.5. The van der Waals surface area contributed by atoms with E-state index in [9.17, 15) is 4.79 Å². The Balaban J connectivity index is 2.10. The van der Waals surface area contributed by atoms with Crippen LogP contribution in [0.1, 0.15) is 28.8 Å². The van der Waals surface area contributed by atoms with Gasteiger partial charge in [-0.25, -0.2) is 0 Å². The molecule has 20 heavy (non-hydrogen) atoms. The Labute approximate surface area is 121 Å². The zero-order chi connectivity index (χ0) is 14.5. The molecule has 1 fully saturated rings. The third-order valence-corrected chi connectivity index (χ3v) is 3.95. The van der Waals surface area contributed by atoms with Crippen molar-refractivity contribution >= 4 is 5.91 Å². The minimum atomic E-state index is 0.115. The van der Waals surface area contributed by atoms with Gasteiger partial charge in [0.1, 0.15) is 5.75 Å². The minimum absolute atomic E-state index is 0.115. The van der Waals surface area contributed by atoms with E-state index >= 15 is 0 Å². The normalized spacial score (nSPS) is 18.9. The van der Waals surface area contributed by atoms with Gasteiger partial charge in [0.25, 0.3) is 5.91 Å². The Morgan fingerprint density at radius 3 is 3.00 bits per heavy atom. The van der Waals surface area contributed by atoms with Gasteiger partial charge in [0, 0.05) is 18.7 Å². The van der Waals surface area contributed by atoms with Gasteiger partial charge in [0.05, 0.1) is 7.11 Å². The van der Waals surface area contributed by atoms with E-state index in [1.807, 2.05) is 37.1 Å². The molecule has 1 atom stereocenters. The number of hydrogen-bond donors (Lipinski definition) is 1. The number of nitrogens with one attached hydrogen (secondary N) is 1. The fourth-order valence-electron chi connectivity index (χ4n) is 2.84. The summed E-state index contributed by atoms with van der Waals surface area (Å²) in [6.07, 6.45) is 2.28. The van der Waals surface area contributed by atoms with Crippen LogP contribution in [0.5, 0.6) is 5.75 Å². The molecule has 1 aromatic carbocycles. The highest BCUT2D eigenvalue weighted by Gasteiger charge is 2.24. The lowest BCUT2D eigenvalue weighted by atomic mass is 9.97. The van der Waals surface area contributed by atoms with Crippen molar-refractivity contribution in [1.82, 2.24) is 10.2 Å². The van der Waals surface area contributed by atoms with Crippen LogP contribution in [0.25, 0.3) is 0 Å². The van der Waals surface area contributed by atoms with Crippen LogP contribution in [0.3, 0.4) is 0 Å². The topological polar surface area (TPSA) is 41.6 Å². The van der Waals surface area contributed by atoms with Gasteiger partial charge in [-0.3, -0.25) is 4.79 Å². The highest BCUT2D eigenvalue weighted by atomic mass is 16.5. The van der Waals surface area contributed by atoms with Crippen LogP contribution < -0.4 is 10.1 Å². The van der Waals surface area contributed by atoms with Crippen molar-refractivity contribution in [3.05, 3.63) is 29.3 Å². The highest BCUT2D eigenvalue weighted by Crippen LogP contribution is 2.22. The largest absolute Gasteiger partial charge is 0.496 e. The van der Waals surface area contributed by atoms with Crippen molar-refractivity contribution in [3.8, 4) is 5.75 Å². The van der Waals surface area contributed by atoms with E-state index in [1.54, 1.807) is 7.11 Å². The minimum Gasteiger partial charge on any atom is -0.496 e. The molecule has 1 aliphatic rings. The first-order valence-corrected chi connectivity index (χ1v) is 7.24. The molecule has 0 aromatic heterocycles. The Hall–Kier alpha value is -1.55. The van der Waals surface area contributed by atoms with E-state index in [0.29, 0.717) is 5.92 Å². The third kappa shape index (κ3) is 3.31. The molecule has 1 aromatic rings. The van der Waals surface area contributed by atoms with Gasteiger partial charge in [-0.2, -0.15) is 0 Å². The van der Waals surface area contributed by atoms with Crippen molar-refractivity contribution in [3.63, 3.8) is 0 Å². The number of amides is 1. The summed E-state index contributed by atoms with van der Waals surface area (Å²) in [5.74, 6) is 1.45. The first-order valence-electron chi connectivity index (χ1n) is 7.24. The molecule has 1 heterocycles. The van der Waals surface area contributed by atoms with Gasteiger partial charge in [0.15, 0.2) is 0 Å². The van der Waals surface area contributed by atoms with E-state index in [4.69, 9.17) is 4.74 Å².